The van der Waals surface area contributed by atoms with Crippen LogP contribution in [0.1, 0.15) is 12.8 Å². The Balaban J connectivity index is 0.000000810. The van der Waals surface area contributed by atoms with Crippen molar-refractivity contribution in [1.29, 1.82) is 0 Å². The summed E-state index contributed by atoms with van der Waals surface area (Å²) in [4.78, 5) is 4.79. The molecule has 3 heteroatoms. The zero-order valence-corrected chi connectivity index (χ0v) is 6.43. The van der Waals surface area contributed by atoms with Gasteiger partial charge < -0.3 is 4.84 Å². The molecule has 2 nitrogen and oxygen atoms in total. The highest BCUT2D eigenvalue weighted by Crippen LogP contribution is 2.33. The molecule has 1 aliphatic carbocycles. The molecular weight excluding hydrogens is 150 g/mol. The Labute approximate surface area is 67.0 Å². The fourth-order valence-corrected chi connectivity index (χ4v) is 0.732. The molecule has 1 saturated carbocycles. The van der Waals surface area contributed by atoms with E-state index in [2.05, 4.69) is 17.8 Å². The second-order valence-corrected chi connectivity index (χ2v) is 2.16. The molecule has 0 radical (unpaired) electrons. The summed E-state index contributed by atoms with van der Waals surface area (Å²) in [5.41, 5.74) is 0. The first-order valence-electron chi connectivity index (χ1n) is 2.96. The summed E-state index contributed by atoms with van der Waals surface area (Å²) >= 11 is 0. The third kappa shape index (κ3) is 2.28. The molecule has 0 amide bonds. The topological polar surface area (TPSA) is 21.6 Å². The molecule has 1 rings (SSSR count). The second-order valence-electron chi connectivity index (χ2n) is 2.16. The maximum absolute atomic E-state index is 5.14. The number of nitrogens with zero attached hydrogens (tertiary/aromatic N) is 1. The van der Waals surface area contributed by atoms with E-state index in [9.17, 15) is 0 Å². The first-order chi connectivity index (χ1) is 4.38. The van der Waals surface area contributed by atoms with Gasteiger partial charge >= 0.3 is 0 Å². The molecule has 0 bridgehead atoms. The zero-order chi connectivity index (χ0) is 6.69. The summed E-state index contributed by atoms with van der Waals surface area (Å²) < 4.78 is 0. The van der Waals surface area contributed by atoms with E-state index in [1.54, 1.807) is 0 Å². The summed E-state index contributed by atoms with van der Waals surface area (Å²) in [6.45, 7) is 3.19. The maximum atomic E-state index is 5.14. The van der Waals surface area contributed by atoms with Crippen LogP contribution in [0.25, 0.3) is 0 Å². The summed E-state index contributed by atoms with van der Waals surface area (Å²) in [6, 6.07) is 0. The maximum Gasteiger partial charge on any atom is 0.189 e. The predicted molar refractivity (Wildman–Crippen MR) is 43.2 cm³/mol. The van der Waals surface area contributed by atoms with E-state index < -0.39 is 0 Å². The number of rotatable bonds is 3. The third-order valence-electron chi connectivity index (χ3n) is 1.40. The van der Waals surface area contributed by atoms with Gasteiger partial charge in [0.2, 0.25) is 0 Å². The van der Waals surface area contributed by atoms with Crippen LogP contribution in [0.3, 0.4) is 0 Å². The van der Waals surface area contributed by atoms with Crippen LogP contribution in [0.2, 0.25) is 0 Å². The van der Waals surface area contributed by atoms with E-state index in [0.717, 1.165) is 0 Å². The fourth-order valence-electron chi connectivity index (χ4n) is 0.732. The highest BCUT2D eigenvalue weighted by molar-refractivity contribution is 5.85. The normalized spacial score (nSPS) is 17.9. The van der Waals surface area contributed by atoms with E-state index >= 15 is 0 Å². The van der Waals surface area contributed by atoms with Crippen molar-refractivity contribution in [3.63, 3.8) is 0 Å². The monoisotopic (exact) mass is 159 g/mol. The van der Waals surface area contributed by atoms with Crippen molar-refractivity contribution in [1.82, 2.24) is 0 Å². The van der Waals surface area contributed by atoms with Crippen molar-refractivity contribution in [3.8, 4) is 12.3 Å². The minimum atomic E-state index is -0.123. The lowest BCUT2D eigenvalue weighted by Gasteiger charge is -2.03. The Bertz CT molecular complexity index is 148. The molecule has 0 spiro atoms. The first-order valence-corrected chi connectivity index (χ1v) is 2.96. The summed E-state index contributed by atoms with van der Waals surface area (Å²) in [7, 11) is 0. The van der Waals surface area contributed by atoms with E-state index in [4.69, 9.17) is 11.3 Å². The Hall–Kier alpha value is -0.680. The molecule has 0 aromatic carbocycles. The van der Waals surface area contributed by atoms with Gasteiger partial charge in [-0.05, 0) is 12.8 Å². The largest absolute Gasteiger partial charge is 0.380 e. The molecule has 1 fully saturated rings. The Morgan fingerprint density at radius 2 is 2.30 bits per heavy atom. The lowest BCUT2D eigenvalue weighted by atomic mass is 10.2. The molecule has 56 valence electrons. The minimum Gasteiger partial charge on any atom is -0.380 e. The van der Waals surface area contributed by atoms with E-state index in [0.29, 0.717) is 5.92 Å². The van der Waals surface area contributed by atoms with Crippen molar-refractivity contribution in [2.24, 2.45) is 11.1 Å². The molecule has 10 heavy (non-hydrogen) atoms. The smallest absolute Gasteiger partial charge is 0.189 e. The van der Waals surface area contributed by atoms with Crippen LogP contribution in [-0.4, -0.2) is 12.8 Å². The molecule has 0 aromatic heterocycles. The molecule has 1 atom stereocenters. The minimum absolute atomic E-state index is 0. The fraction of sp³-hybridized carbons (Fsp3) is 0.571. The zero-order valence-electron chi connectivity index (χ0n) is 5.62. The van der Waals surface area contributed by atoms with Gasteiger partial charge in [0.05, 0.1) is 0 Å². The van der Waals surface area contributed by atoms with Gasteiger partial charge in [-0.25, -0.2) is 0 Å². The number of halogens is 1. The molecule has 0 aliphatic heterocycles. The Morgan fingerprint density at radius 3 is 2.60 bits per heavy atom. The Morgan fingerprint density at radius 1 is 1.70 bits per heavy atom. The van der Waals surface area contributed by atoms with Crippen molar-refractivity contribution >= 4 is 19.1 Å². The van der Waals surface area contributed by atoms with Gasteiger partial charge in [0.25, 0.3) is 0 Å². The van der Waals surface area contributed by atoms with Crippen LogP contribution in [0.5, 0.6) is 0 Å². The lowest BCUT2D eigenvalue weighted by molar-refractivity contribution is 0.0864. The average molecular weight is 160 g/mol. The van der Waals surface area contributed by atoms with Gasteiger partial charge in [0.15, 0.2) is 6.10 Å². The van der Waals surface area contributed by atoms with Crippen LogP contribution in [-0.2, 0) is 4.84 Å². The highest BCUT2D eigenvalue weighted by atomic mass is 35.5. The Kier molecular flexibility index (Phi) is 3.90. The van der Waals surface area contributed by atoms with Crippen LogP contribution >= 0.6 is 12.4 Å². The summed E-state index contributed by atoms with van der Waals surface area (Å²) in [5.74, 6) is 3.05. The number of hydrogen-bond acceptors (Lipinski definition) is 2. The second kappa shape index (κ2) is 4.19. The average Bonchev–Trinajstić information content (AvgIpc) is 2.64. The van der Waals surface area contributed by atoms with Crippen molar-refractivity contribution in [2.45, 2.75) is 18.9 Å². The standard InChI is InChI=1S/C7H9NO.ClH/c1-3-7(9-8-2)6-4-5-6;/h1,6-7H,2,4-5H2;1H/t7-;/m0./s1. The predicted octanol–water partition coefficient (Wildman–Crippen LogP) is 1.45. The molecule has 0 saturated heterocycles. The molecule has 0 aromatic rings. The molecule has 0 unspecified atom stereocenters. The van der Waals surface area contributed by atoms with Crippen molar-refractivity contribution < 1.29 is 4.84 Å². The lowest BCUT2D eigenvalue weighted by Crippen LogP contribution is -2.08. The van der Waals surface area contributed by atoms with Gasteiger partial charge in [-0.1, -0.05) is 5.92 Å². The van der Waals surface area contributed by atoms with Crippen LogP contribution in [0.4, 0.5) is 0 Å². The van der Waals surface area contributed by atoms with Gasteiger partial charge in [-0.15, -0.1) is 24.0 Å². The van der Waals surface area contributed by atoms with Gasteiger partial charge in [0.1, 0.15) is 0 Å². The SMILES string of the molecule is C#C[C@H](ON=C)C1CC1.Cl. The molecular formula is C7H10ClNO. The van der Waals surface area contributed by atoms with Crippen molar-refractivity contribution in [2.75, 3.05) is 0 Å². The molecule has 0 heterocycles. The van der Waals surface area contributed by atoms with Gasteiger partial charge in [-0.2, -0.15) is 0 Å². The van der Waals surface area contributed by atoms with Crippen LogP contribution < -0.4 is 0 Å². The summed E-state index contributed by atoms with van der Waals surface area (Å²) in [6.07, 6.45) is 7.36. The van der Waals surface area contributed by atoms with Crippen LogP contribution in [0, 0.1) is 18.3 Å². The van der Waals surface area contributed by atoms with E-state index in [1.807, 2.05) is 0 Å². The van der Waals surface area contributed by atoms with E-state index in [-0.39, 0.29) is 18.5 Å². The van der Waals surface area contributed by atoms with Crippen molar-refractivity contribution in [3.05, 3.63) is 0 Å². The molecule has 0 N–H and O–H groups in total. The summed E-state index contributed by atoms with van der Waals surface area (Å²) in [5, 5.41) is 3.28. The highest BCUT2D eigenvalue weighted by Gasteiger charge is 2.31. The third-order valence-corrected chi connectivity index (χ3v) is 1.40. The molecule has 1 aliphatic rings. The first kappa shape index (κ1) is 9.32. The number of oxime groups is 1. The quantitative estimate of drug-likeness (QED) is 0.347. The van der Waals surface area contributed by atoms with Gasteiger partial charge in [-0.3, -0.25) is 0 Å². The van der Waals surface area contributed by atoms with E-state index in [1.165, 1.54) is 12.8 Å². The number of hydrogen-bond donors (Lipinski definition) is 0. The number of terminal acetylenes is 1. The van der Waals surface area contributed by atoms with Crippen LogP contribution in [0.15, 0.2) is 5.16 Å². The van der Waals surface area contributed by atoms with Gasteiger partial charge in [0, 0.05) is 12.6 Å².